The van der Waals surface area contributed by atoms with Crippen molar-refractivity contribution in [3.8, 4) is 0 Å². The van der Waals surface area contributed by atoms with Crippen molar-refractivity contribution in [2.24, 2.45) is 0 Å². The van der Waals surface area contributed by atoms with Crippen LogP contribution in [0, 0.1) is 0 Å². The molecule has 1 atom stereocenters. The number of nitrogens with zero attached hydrogens (tertiary/aromatic N) is 3. The number of benzene rings is 2. The average Bonchev–Trinajstić information content (AvgIpc) is 2.99. The zero-order valence-corrected chi connectivity index (χ0v) is 15.4. The first-order chi connectivity index (χ1) is 13.2. The van der Waals surface area contributed by atoms with Crippen molar-refractivity contribution in [2.45, 2.75) is 26.1 Å². The molecule has 1 aliphatic rings. The van der Waals surface area contributed by atoms with Crippen molar-refractivity contribution < 1.29 is 9.53 Å². The fourth-order valence-corrected chi connectivity index (χ4v) is 3.71. The first kappa shape index (κ1) is 17.5. The van der Waals surface area contributed by atoms with E-state index < -0.39 is 0 Å². The number of imidazole rings is 1. The van der Waals surface area contributed by atoms with E-state index in [0.717, 1.165) is 16.6 Å². The molecule has 1 unspecified atom stereocenters. The smallest absolute Gasteiger partial charge is 0.329 e. The maximum Gasteiger partial charge on any atom is 0.329 e. The molecule has 0 bridgehead atoms. The molecule has 0 saturated carbocycles. The van der Waals surface area contributed by atoms with Crippen LogP contribution in [0.25, 0.3) is 11.0 Å². The highest BCUT2D eigenvalue weighted by molar-refractivity contribution is 5.81. The van der Waals surface area contributed by atoms with Crippen LogP contribution in [0.2, 0.25) is 0 Å². The number of para-hydroxylation sites is 2. The molecule has 0 spiro atoms. The van der Waals surface area contributed by atoms with Crippen LogP contribution in [0.3, 0.4) is 0 Å². The van der Waals surface area contributed by atoms with E-state index in [0.29, 0.717) is 26.2 Å². The number of carbonyl (C=O) groups excluding carboxylic acids is 1. The molecule has 2 heterocycles. The molecule has 6 heteroatoms. The van der Waals surface area contributed by atoms with Gasteiger partial charge in [0.25, 0.3) is 0 Å². The van der Waals surface area contributed by atoms with Gasteiger partial charge in [0.05, 0.1) is 24.2 Å². The van der Waals surface area contributed by atoms with Crippen molar-refractivity contribution in [3.63, 3.8) is 0 Å². The molecule has 6 nitrogen and oxygen atoms in total. The van der Waals surface area contributed by atoms with Crippen molar-refractivity contribution in [1.29, 1.82) is 0 Å². The van der Waals surface area contributed by atoms with Gasteiger partial charge in [-0.2, -0.15) is 0 Å². The van der Waals surface area contributed by atoms with Gasteiger partial charge in [0.15, 0.2) is 0 Å². The van der Waals surface area contributed by atoms with E-state index in [1.165, 1.54) is 0 Å². The summed E-state index contributed by atoms with van der Waals surface area (Å²) < 4.78 is 9.12. The Labute approximate surface area is 157 Å². The Morgan fingerprint density at radius 3 is 2.41 bits per heavy atom. The largest absolute Gasteiger partial charge is 0.370 e. The highest BCUT2D eigenvalue weighted by Crippen LogP contribution is 2.22. The number of rotatable bonds is 4. The lowest BCUT2D eigenvalue weighted by Crippen LogP contribution is -2.44. The Balaban J connectivity index is 1.57. The van der Waals surface area contributed by atoms with Gasteiger partial charge in [0.2, 0.25) is 5.91 Å². The summed E-state index contributed by atoms with van der Waals surface area (Å²) in [5, 5.41) is 0. The maximum absolute atomic E-state index is 12.9. The maximum atomic E-state index is 12.9. The molecule has 1 amide bonds. The molecule has 0 aliphatic carbocycles. The second-order valence-corrected chi connectivity index (χ2v) is 6.71. The topological polar surface area (TPSA) is 56.5 Å². The zero-order chi connectivity index (χ0) is 18.8. The number of morpholine rings is 1. The fraction of sp³-hybridized carbons (Fsp3) is 0.333. The Morgan fingerprint density at radius 1 is 1.04 bits per heavy atom. The molecule has 3 aromatic rings. The minimum absolute atomic E-state index is 0.0495. The summed E-state index contributed by atoms with van der Waals surface area (Å²) >= 11 is 0. The van der Waals surface area contributed by atoms with Crippen LogP contribution >= 0.6 is 0 Å². The first-order valence-electron chi connectivity index (χ1n) is 9.31. The standard InChI is InChI=1S/C21H23N3O3/c1-2-23-17-10-6-7-11-18(17)24(21(23)26)15-20(25)22-12-13-27-19(14-22)16-8-4-3-5-9-16/h3-11,19H,2,12-15H2,1H3. The third kappa shape index (κ3) is 3.28. The van der Waals surface area contributed by atoms with Gasteiger partial charge < -0.3 is 9.64 Å². The van der Waals surface area contributed by atoms with E-state index >= 15 is 0 Å². The number of aromatic nitrogens is 2. The van der Waals surface area contributed by atoms with Crippen LogP contribution in [0.15, 0.2) is 59.4 Å². The van der Waals surface area contributed by atoms with Gasteiger partial charge >= 0.3 is 5.69 Å². The monoisotopic (exact) mass is 365 g/mol. The van der Waals surface area contributed by atoms with Crippen LogP contribution in [0.1, 0.15) is 18.6 Å². The molecule has 140 valence electrons. The highest BCUT2D eigenvalue weighted by atomic mass is 16.5. The van der Waals surface area contributed by atoms with E-state index in [-0.39, 0.29) is 24.2 Å². The van der Waals surface area contributed by atoms with Gasteiger partial charge in [-0.15, -0.1) is 0 Å². The van der Waals surface area contributed by atoms with Gasteiger partial charge in [-0.3, -0.25) is 13.9 Å². The van der Waals surface area contributed by atoms with Crippen LogP contribution < -0.4 is 5.69 Å². The number of ether oxygens (including phenoxy) is 1. The second kappa shape index (κ2) is 7.40. The second-order valence-electron chi connectivity index (χ2n) is 6.71. The molecule has 0 N–H and O–H groups in total. The minimum atomic E-state index is -0.139. The lowest BCUT2D eigenvalue weighted by atomic mass is 10.1. The molecule has 4 rings (SSSR count). The number of hydrogen-bond acceptors (Lipinski definition) is 3. The van der Waals surface area contributed by atoms with Crippen molar-refractivity contribution >= 4 is 16.9 Å². The van der Waals surface area contributed by atoms with Gasteiger partial charge in [0, 0.05) is 13.1 Å². The highest BCUT2D eigenvalue weighted by Gasteiger charge is 2.26. The van der Waals surface area contributed by atoms with Crippen molar-refractivity contribution in [2.75, 3.05) is 19.7 Å². The van der Waals surface area contributed by atoms with E-state index in [1.807, 2.05) is 61.5 Å². The van der Waals surface area contributed by atoms with Gasteiger partial charge in [-0.05, 0) is 24.6 Å². The van der Waals surface area contributed by atoms with Gasteiger partial charge in [-0.1, -0.05) is 42.5 Å². The molecule has 1 aromatic heterocycles. The molecule has 1 fully saturated rings. The molecule has 2 aromatic carbocycles. The van der Waals surface area contributed by atoms with Crippen LogP contribution in [0.5, 0.6) is 0 Å². The summed E-state index contributed by atoms with van der Waals surface area (Å²) in [7, 11) is 0. The summed E-state index contributed by atoms with van der Waals surface area (Å²) in [6, 6.07) is 17.5. The Bertz CT molecular complexity index is 1010. The van der Waals surface area contributed by atoms with Crippen molar-refractivity contribution in [3.05, 3.63) is 70.6 Å². The summed E-state index contributed by atoms with van der Waals surface area (Å²) in [5.41, 5.74) is 2.59. The lowest BCUT2D eigenvalue weighted by molar-refractivity contribution is -0.139. The third-order valence-electron chi connectivity index (χ3n) is 5.13. The molecular weight excluding hydrogens is 342 g/mol. The number of carbonyl (C=O) groups is 1. The van der Waals surface area contributed by atoms with E-state index in [9.17, 15) is 9.59 Å². The average molecular weight is 365 g/mol. The molecule has 0 radical (unpaired) electrons. The molecule has 1 saturated heterocycles. The number of fused-ring (bicyclic) bond motifs is 1. The summed E-state index contributed by atoms with van der Waals surface area (Å²) in [6.07, 6.45) is -0.127. The normalized spacial score (nSPS) is 17.4. The van der Waals surface area contributed by atoms with E-state index in [1.54, 1.807) is 14.0 Å². The zero-order valence-electron chi connectivity index (χ0n) is 15.4. The first-order valence-corrected chi connectivity index (χ1v) is 9.31. The summed E-state index contributed by atoms with van der Waals surface area (Å²) in [5.74, 6) is -0.0552. The molecule has 27 heavy (non-hydrogen) atoms. The SMILES string of the molecule is CCn1c(=O)n(CC(=O)N2CCOC(c3ccccc3)C2)c2ccccc21. The number of aryl methyl sites for hydroxylation is 1. The molecular formula is C21H23N3O3. The van der Waals surface area contributed by atoms with Crippen LogP contribution in [0.4, 0.5) is 0 Å². The number of hydrogen-bond donors (Lipinski definition) is 0. The summed E-state index contributed by atoms with van der Waals surface area (Å²) in [6.45, 7) is 4.11. The van der Waals surface area contributed by atoms with Crippen LogP contribution in [-0.2, 0) is 22.6 Å². The summed E-state index contributed by atoms with van der Waals surface area (Å²) in [4.78, 5) is 27.5. The predicted octanol–water partition coefficient (Wildman–Crippen LogP) is 2.42. The lowest BCUT2D eigenvalue weighted by Gasteiger charge is -2.33. The Hall–Kier alpha value is -2.86. The van der Waals surface area contributed by atoms with Gasteiger partial charge in [0.1, 0.15) is 12.6 Å². The Kier molecular flexibility index (Phi) is 4.81. The van der Waals surface area contributed by atoms with E-state index in [4.69, 9.17) is 4.74 Å². The quantitative estimate of drug-likeness (QED) is 0.714. The van der Waals surface area contributed by atoms with Crippen molar-refractivity contribution in [1.82, 2.24) is 14.0 Å². The van der Waals surface area contributed by atoms with Crippen LogP contribution in [-0.4, -0.2) is 39.6 Å². The fourth-order valence-electron chi connectivity index (χ4n) is 3.71. The van der Waals surface area contributed by atoms with Gasteiger partial charge in [-0.25, -0.2) is 4.79 Å². The molecule has 1 aliphatic heterocycles. The minimum Gasteiger partial charge on any atom is -0.370 e. The predicted molar refractivity (Wildman–Crippen MR) is 104 cm³/mol. The van der Waals surface area contributed by atoms with E-state index in [2.05, 4.69) is 0 Å². The Morgan fingerprint density at radius 2 is 1.70 bits per heavy atom. The third-order valence-corrected chi connectivity index (χ3v) is 5.13. The number of amides is 1.